The maximum absolute atomic E-state index is 12.1. The molecule has 0 aliphatic carbocycles. The van der Waals surface area contributed by atoms with Crippen LogP contribution in [0.15, 0.2) is 30.3 Å². The van der Waals surface area contributed by atoms with Crippen LogP contribution in [0.2, 0.25) is 0 Å². The van der Waals surface area contributed by atoms with E-state index in [2.05, 4.69) is 11.8 Å². The number of rotatable bonds is 3. The van der Waals surface area contributed by atoms with Gasteiger partial charge in [0.05, 0.1) is 12.6 Å². The first-order valence-corrected chi connectivity index (χ1v) is 7.36. The van der Waals surface area contributed by atoms with Crippen molar-refractivity contribution in [3.63, 3.8) is 0 Å². The molecule has 0 bridgehead atoms. The van der Waals surface area contributed by atoms with Crippen LogP contribution in [0.1, 0.15) is 25.3 Å². The van der Waals surface area contributed by atoms with E-state index in [0.717, 1.165) is 18.4 Å². The number of likely N-dealkylation sites (tertiary alicyclic amines) is 1. The summed E-state index contributed by atoms with van der Waals surface area (Å²) in [7, 11) is 0. The van der Waals surface area contributed by atoms with Gasteiger partial charge in [0, 0.05) is 12.5 Å². The molecule has 5 heteroatoms. The molecule has 1 aliphatic rings. The smallest absolute Gasteiger partial charge is 0.411 e. The predicted octanol–water partition coefficient (Wildman–Crippen LogP) is 2.35. The van der Waals surface area contributed by atoms with Crippen molar-refractivity contribution < 1.29 is 19.1 Å². The van der Waals surface area contributed by atoms with E-state index in [4.69, 9.17) is 9.47 Å². The van der Waals surface area contributed by atoms with Crippen molar-refractivity contribution in [3.05, 3.63) is 35.9 Å². The summed E-state index contributed by atoms with van der Waals surface area (Å²) in [5.74, 6) is 4.66. The minimum Gasteiger partial charge on any atom is -0.456 e. The molecule has 1 amide bonds. The molecule has 1 heterocycles. The monoisotopic (exact) mass is 301 g/mol. The summed E-state index contributed by atoms with van der Waals surface area (Å²) in [5, 5.41) is 0. The third-order valence-electron chi connectivity index (χ3n) is 3.31. The second-order valence-electron chi connectivity index (χ2n) is 4.88. The quantitative estimate of drug-likeness (QED) is 0.488. The van der Waals surface area contributed by atoms with Crippen molar-refractivity contribution in [2.75, 3.05) is 13.2 Å². The Morgan fingerprint density at radius 1 is 1.27 bits per heavy atom. The second kappa shape index (κ2) is 8.08. The van der Waals surface area contributed by atoms with Crippen LogP contribution in [-0.2, 0) is 20.9 Å². The van der Waals surface area contributed by atoms with Crippen LogP contribution in [0, 0.1) is 11.8 Å². The molecule has 0 saturated carbocycles. The maximum atomic E-state index is 12.1. The molecular formula is C17H19NO4. The predicted molar refractivity (Wildman–Crippen MR) is 80.8 cm³/mol. The Morgan fingerprint density at radius 3 is 2.77 bits per heavy atom. The van der Waals surface area contributed by atoms with Crippen LogP contribution >= 0.6 is 0 Å². The minimum absolute atomic E-state index is 0.230. The molecule has 1 saturated heterocycles. The zero-order chi connectivity index (χ0) is 15.8. The average molecular weight is 301 g/mol. The Kier molecular flexibility index (Phi) is 5.84. The summed E-state index contributed by atoms with van der Waals surface area (Å²) in [6, 6.07) is 9.21. The number of benzene rings is 1. The van der Waals surface area contributed by atoms with Crippen LogP contribution in [0.4, 0.5) is 4.79 Å². The van der Waals surface area contributed by atoms with E-state index in [9.17, 15) is 9.59 Å². The molecule has 5 nitrogen and oxygen atoms in total. The van der Waals surface area contributed by atoms with Gasteiger partial charge in [-0.3, -0.25) is 4.90 Å². The summed E-state index contributed by atoms with van der Waals surface area (Å²) in [6.45, 7) is 2.84. The fourth-order valence-corrected chi connectivity index (χ4v) is 2.25. The first-order valence-electron chi connectivity index (χ1n) is 7.36. The van der Waals surface area contributed by atoms with Gasteiger partial charge in [0.1, 0.15) is 6.61 Å². The van der Waals surface area contributed by atoms with Crippen LogP contribution in [0.3, 0.4) is 0 Å². The maximum Gasteiger partial charge on any atom is 0.411 e. The molecule has 1 unspecified atom stereocenters. The zero-order valence-electron chi connectivity index (χ0n) is 12.6. The van der Waals surface area contributed by atoms with E-state index in [0.29, 0.717) is 13.2 Å². The fraction of sp³-hybridized carbons (Fsp3) is 0.412. The molecule has 1 aliphatic heterocycles. The summed E-state index contributed by atoms with van der Waals surface area (Å²) in [4.78, 5) is 24.9. The molecule has 116 valence electrons. The van der Waals surface area contributed by atoms with Crippen LogP contribution < -0.4 is 0 Å². The molecular weight excluding hydrogens is 282 g/mol. The lowest BCUT2D eigenvalue weighted by molar-refractivity contribution is -0.136. The highest BCUT2D eigenvalue weighted by molar-refractivity contribution is 5.88. The molecule has 1 aromatic carbocycles. The van der Waals surface area contributed by atoms with Gasteiger partial charge in [-0.25, -0.2) is 9.59 Å². The van der Waals surface area contributed by atoms with E-state index in [-0.39, 0.29) is 12.6 Å². The fourth-order valence-electron chi connectivity index (χ4n) is 2.25. The first kappa shape index (κ1) is 15.9. The largest absolute Gasteiger partial charge is 0.456 e. The summed E-state index contributed by atoms with van der Waals surface area (Å²) in [5.41, 5.74) is 0.934. The van der Waals surface area contributed by atoms with Gasteiger partial charge in [-0.05, 0) is 25.3 Å². The highest BCUT2D eigenvalue weighted by atomic mass is 16.6. The van der Waals surface area contributed by atoms with Crippen molar-refractivity contribution in [2.45, 2.75) is 32.4 Å². The molecule has 22 heavy (non-hydrogen) atoms. The second-order valence-corrected chi connectivity index (χ2v) is 4.88. The number of amides is 1. The number of carbonyl (C=O) groups excluding carboxylic acids is 2. The lowest BCUT2D eigenvalue weighted by atomic mass is 10.2. The normalized spacial score (nSPS) is 16.6. The lowest BCUT2D eigenvalue weighted by Crippen LogP contribution is -2.35. The van der Waals surface area contributed by atoms with E-state index >= 15 is 0 Å². The molecule has 1 aromatic rings. The topological polar surface area (TPSA) is 55.8 Å². The van der Waals surface area contributed by atoms with Gasteiger partial charge in [0.2, 0.25) is 0 Å². The minimum atomic E-state index is -0.563. The number of esters is 1. The number of nitrogens with zero attached hydrogens (tertiary/aromatic N) is 1. The highest BCUT2D eigenvalue weighted by Gasteiger charge is 2.28. The van der Waals surface area contributed by atoms with Gasteiger partial charge in [0.25, 0.3) is 0 Å². The Hall–Kier alpha value is -2.48. The van der Waals surface area contributed by atoms with E-state index in [1.54, 1.807) is 11.8 Å². The SMILES string of the molecule is CCOC(=O)C#CC1CCCN1C(=O)OCc1ccccc1. The number of hydrogen-bond acceptors (Lipinski definition) is 4. The average Bonchev–Trinajstić information content (AvgIpc) is 3.00. The molecule has 0 aromatic heterocycles. The lowest BCUT2D eigenvalue weighted by Gasteiger charge is -2.20. The Morgan fingerprint density at radius 2 is 2.05 bits per heavy atom. The molecule has 1 fully saturated rings. The Labute approximate surface area is 130 Å². The summed E-state index contributed by atoms with van der Waals surface area (Å²) < 4.78 is 10.1. The molecule has 2 rings (SSSR count). The van der Waals surface area contributed by atoms with Gasteiger partial charge < -0.3 is 9.47 Å². The van der Waals surface area contributed by atoms with Gasteiger partial charge >= 0.3 is 12.1 Å². The van der Waals surface area contributed by atoms with Crippen molar-refractivity contribution in [2.24, 2.45) is 0 Å². The number of carbonyl (C=O) groups is 2. The van der Waals surface area contributed by atoms with Crippen molar-refractivity contribution in [1.29, 1.82) is 0 Å². The molecule has 1 atom stereocenters. The van der Waals surface area contributed by atoms with Crippen molar-refractivity contribution >= 4 is 12.1 Å². The highest BCUT2D eigenvalue weighted by Crippen LogP contribution is 2.18. The molecule has 0 radical (unpaired) electrons. The van der Waals surface area contributed by atoms with Crippen molar-refractivity contribution in [3.8, 4) is 11.8 Å². The summed E-state index contributed by atoms with van der Waals surface area (Å²) >= 11 is 0. The van der Waals surface area contributed by atoms with E-state index in [1.165, 1.54) is 0 Å². The van der Waals surface area contributed by atoms with E-state index < -0.39 is 12.1 Å². The third kappa shape index (κ3) is 4.52. The van der Waals surface area contributed by atoms with Crippen LogP contribution in [0.5, 0.6) is 0 Å². The van der Waals surface area contributed by atoms with E-state index in [1.807, 2.05) is 30.3 Å². The number of hydrogen-bond donors (Lipinski definition) is 0. The molecule has 0 spiro atoms. The first-order chi connectivity index (χ1) is 10.7. The third-order valence-corrected chi connectivity index (χ3v) is 3.31. The molecule has 0 N–H and O–H groups in total. The Bertz CT molecular complexity index is 573. The van der Waals surface area contributed by atoms with Crippen LogP contribution in [-0.4, -0.2) is 36.2 Å². The van der Waals surface area contributed by atoms with Gasteiger partial charge in [0.15, 0.2) is 0 Å². The number of ether oxygens (including phenoxy) is 2. The standard InChI is InChI=1S/C17H19NO4/c1-2-21-16(19)11-10-15-9-6-12-18(15)17(20)22-13-14-7-4-3-5-8-14/h3-5,7-8,15H,2,6,9,12-13H2,1H3. The van der Waals surface area contributed by atoms with Gasteiger partial charge in [-0.2, -0.15) is 0 Å². The van der Waals surface area contributed by atoms with Gasteiger partial charge in [-0.1, -0.05) is 36.3 Å². The zero-order valence-corrected chi connectivity index (χ0v) is 12.6. The Balaban J connectivity index is 1.89. The summed E-state index contributed by atoms with van der Waals surface area (Å²) in [6.07, 6.45) is 1.19. The van der Waals surface area contributed by atoms with Crippen molar-refractivity contribution in [1.82, 2.24) is 4.90 Å². The van der Waals surface area contributed by atoms with Gasteiger partial charge in [-0.15, -0.1) is 0 Å². The van der Waals surface area contributed by atoms with Crippen LogP contribution in [0.25, 0.3) is 0 Å².